The van der Waals surface area contributed by atoms with Crippen LogP contribution >= 0.6 is 0 Å². The number of nitrogens with two attached hydrogens (primary N) is 1. The van der Waals surface area contributed by atoms with Gasteiger partial charge in [-0.25, -0.2) is 23.5 Å². The van der Waals surface area contributed by atoms with Crippen molar-refractivity contribution in [2.45, 2.75) is 25.2 Å². The van der Waals surface area contributed by atoms with Crippen LogP contribution in [0.15, 0.2) is 35.2 Å². The van der Waals surface area contributed by atoms with Crippen LogP contribution in [0.25, 0.3) is 0 Å². The fourth-order valence-corrected chi connectivity index (χ4v) is 2.50. The number of sulfonamides is 1. The molecule has 1 aromatic carbocycles. The van der Waals surface area contributed by atoms with Gasteiger partial charge in [-0.2, -0.15) is 0 Å². The van der Waals surface area contributed by atoms with Crippen LogP contribution in [0.2, 0.25) is 0 Å². The molecule has 7 heteroatoms. The van der Waals surface area contributed by atoms with Crippen molar-refractivity contribution in [3.8, 4) is 0 Å². The molecule has 0 aliphatic heterocycles. The molecule has 2 aromatic rings. The average molecular weight is 306 g/mol. The molecule has 0 saturated heterocycles. The second kappa shape index (κ2) is 6.19. The minimum Gasteiger partial charge on any atom is -0.370 e. The SMILES string of the molecule is Cc1cc(NCCc2ccc(S(N)(=O)=O)cc2)nc(C)n1. The van der Waals surface area contributed by atoms with E-state index in [0.29, 0.717) is 6.54 Å². The van der Waals surface area contributed by atoms with Crippen LogP contribution in [0, 0.1) is 13.8 Å². The predicted octanol–water partition coefficient (Wildman–Crippen LogP) is 1.40. The molecule has 3 N–H and O–H groups in total. The van der Waals surface area contributed by atoms with Gasteiger partial charge in [-0.3, -0.25) is 0 Å². The molecule has 0 aliphatic carbocycles. The molecular weight excluding hydrogens is 288 g/mol. The van der Waals surface area contributed by atoms with E-state index in [1.54, 1.807) is 12.1 Å². The summed E-state index contributed by atoms with van der Waals surface area (Å²) in [4.78, 5) is 8.63. The van der Waals surface area contributed by atoms with Gasteiger partial charge in [0.15, 0.2) is 0 Å². The first-order valence-corrected chi connectivity index (χ1v) is 8.07. The van der Waals surface area contributed by atoms with Crippen molar-refractivity contribution in [2.24, 2.45) is 5.14 Å². The molecule has 0 spiro atoms. The summed E-state index contributed by atoms with van der Waals surface area (Å²) in [7, 11) is -3.63. The molecule has 21 heavy (non-hydrogen) atoms. The van der Waals surface area contributed by atoms with E-state index in [-0.39, 0.29) is 4.90 Å². The molecule has 0 amide bonds. The lowest BCUT2D eigenvalue weighted by atomic mass is 10.1. The number of rotatable bonds is 5. The first-order chi connectivity index (χ1) is 9.84. The number of nitrogens with zero attached hydrogens (tertiary/aromatic N) is 2. The molecule has 0 saturated carbocycles. The lowest BCUT2D eigenvalue weighted by Crippen LogP contribution is -2.12. The lowest BCUT2D eigenvalue weighted by molar-refractivity contribution is 0.598. The smallest absolute Gasteiger partial charge is 0.238 e. The molecule has 0 atom stereocenters. The van der Waals surface area contributed by atoms with Gasteiger partial charge in [0.25, 0.3) is 0 Å². The van der Waals surface area contributed by atoms with Crippen molar-refractivity contribution in [2.75, 3.05) is 11.9 Å². The average Bonchev–Trinajstić information content (AvgIpc) is 2.37. The van der Waals surface area contributed by atoms with Gasteiger partial charge in [0.2, 0.25) is 10.0 Å². The highest BCUT2D eigenvalue weighted by Gasteiger charge is 2.06. The Hall–Kier alpha value is -1.99. The van der Waals surface area contributed by atoms with Crippen molar-refractivity contribution in [1.82, 2.24) is 9.97 Å². The van der Waals surface area contributed by atoms with E-state index < -0.39 is 10.0 Å². The molecule has 2 rings (SSSR count). The van der Waals surface area contributed by atoms with Gasteiger partial charge in [0, 0.05) is 18.3 Å². The van der Waals surface area contributed by atoms with Crippen LogP contribution in [-0.4, -0.2) is 24.9 Å². The summed E-state index contributed by atoms with van der Waals surface area (Å²) in [5.41, 5.74) is 1.94. The number of benzene rings is 1. The van der Waals surface area contributed by atoms with E-state index in [9.17, 15) is 8.42 Å². The van der Waals surface area contributed by atoms with Gasteiger partial charge >= 0.3 is 0 Å². The molecule has 0 unspecified atom stereocenters. The van der Waals surface area contributed by atoms with Crippen LogP contribution in [-0.2, 0) is 16.4 Å². The number of aromatic nitrogens is 2. The Balaban J connectivity index is 1.94. The van der Waals surface area contributed by atoms with Crippen LogP contribution in [0.3, 0.4) is 0 Å². The van der Waals surface area contributed by atoms with Gasteiger partial charge < -0.3 is 5.32 Å². The van der Waals surface area contributed by atoms with E-state index in [1.807, 2.05) is 19.9 Å². The number of nitrogens with one attached hydrogen (secondary N) is 1. The highest BCUT2D eigenvalue weighted by molar-refractivity contribution is 7.89. The van der Waals surface area contributed by atoms with Crippen molar-refractivity contribution >= 4 is 15.8 Å². The van der Waals surface area contributed by atoms with Gasteiger partial charge in [0.1, 0.15) is 11.6 Å². The summed E-state index contributed by atoms with van der Waals surface area (Å²) in [6.07, 6.45) is 0.757. The summed E-state index contributed by atoms with van der Waals surface area (Å²) in [6, 6.07) is 8.44. The number of primary sulfonamides is 1. The number of anilines is 1. The summed E-state index contributed by atoms with van der Waals surface area (Å²) in [5, 5.41) is 8.28. The van der Waals surface area contributed by atoms with Gasteiger partial charge in [-0.15, -0.1) is 0 Å². The zero-order valence-electron chi connectivity index (χ0n) is 12.0. The van der Waals surface area contributed by atoms with Gasteiger partial charge in [-0.1, -0.05) is 12.1 Å². The van der Waals surface area contributed by atoms with E-state index >= 15 is 0 Å². The second-order valence-corrected chi connectivity index (χ2v) is 6.37. The van der Waals surface area contributed by atoms with Crippen LogP contribution in [0.4, 0.5) is 5.82 Å². The topological polar surface area (TPSA) is 98.0 Å². The summed E-state index contributed by atoms with van der Waals surface area (Å²) in [6.45, 7) is 4.47. The third kappa shape index (κ3) is 4.51. The minimum atomic E-state index is -3.63. The molecule has 6 nitrogen and oxygen atoms in total. The third-order valence-electron chi connectivity index (χ3n) is 2.94. The largest absolute Gasteiger partial charge is 0.370 e. The molecule has 0 aliphatic rings. The molecule has 0 bridgehead atoms. The number of hydrogen-bond acceptors (Lipinski definition) is 5. The molecule has 1 heterocycles. The van der Waals surface area contributed by atoms with Crippen molar-refractivity contribution < 1.29 is 8.42 Å². The maximum absolute atomic E-state index is 11.2. The zero-order valence-corrected chi connectivity index (χ0v) is 12.8. The monoisotopic (exact) mass is 306 g/mol. The highest BCUT2D eigenvalue weighted by atomic mass is 32.2. The molecule has 1 aromatic heterocycles. The third-order valence-corrected chi connectivity index (χ3v) is 3.87. The first-order valence-electron chi connectivity index (χ1n) is 6.52. The van der Waals surface area contributed by atoms with E-state index in [2.05, 4.69) is 15.3 Å². The second-order valence-electron chi connectivity index (χ2n) is 4.81. The van der Waals surface area contributed by atoms with Gasteiger partial charge in [-0.05, 0) is 38.0 Å². The zero-order chi connectivity index (χ0) is 15.5. The normalized spacial score (nSPS) is 11.4. The van der Waals surface area contributed by atoms with E-state index in [4.69, 9.17) is 5.14 Å². The maximum atomic E-state index is 11.2. The molecule has 0 fully saturated rings. The molecule has 112 valence electrons. The Kier molecular flexibility index (Phi) is 4.54. The quantitative estimate of drug-likeness (QED) is 0.870. The Bertz CT molecular complexity index is 707. The van der Waals surface area contributed by atoms with Crippen LogP contribution in [0.5, 0.6) is 0 Å². The summed E-state index contributed by atoms with van der Waals surface area (Å²) >= 11 is 0. The Morgan fingerprint density at radius 2 is 1.81 bits per heavy atom. The van der Waals surface area contributed by atoms with E-state index in [0.717, 1.165) is 29.3 Å². The summed E-state index contributed by atoms with van der Waals surface area (Å²) in [5.74, 6) is 1.52. The first kappa shape index (κ1) is 15.4. The van der Waals surface area contributed by atoms with Gasteiger partial charge in [0.05, 0.1) is 4.90 Å². The standard InChI is InChI=1S/C14H18N4O2S/c1-10-9-14(18-11(2)17-10)16-8-7-12-3-5-13(6-4-12)21(15,19)20/h3-6,9H,7-8H2,1-2H3,(H2,15,19,20)(H,16,17,18). The Labute approximate surface area is 124 Å². The lowest BCUT2D eigenvalue weighted by Gasteiger charge is -2.07. The number of aryl methyl sites for hydroxylation is 2. The van der Waals surface area contributed by atoms with Crippen LogP contribution in [0.1, 0.15) is 17.1 Å². The van der Waals surface area contributed by atoms with E-state index in [1.165, 1.54) is 12.1 Å². The highest BCUT2D eigenvalue weighted by Crippen LogP contribution is 2.10. The molecule has 0 radical (unpaired) electrons. The predicted molar refractivity (Wildman–Crippen MR) is 81.5 cm³/mol. The van der Waals surface area contributed by atoms with Crippen molar-refractivity contribution in [1.29, 1.82) is 0 Å². The van der Waals surface area contributed by atoms with Crippen LogP contribution < -0.4 is 10.5 Å². The summed E-state index contributed by atoms with van der Waals surface area (Å²) < 4.78 is 22.3. The van der Waals surface area contributed by atoms with Crippen molar-refractivity contribution in [3.63, 3.8) is 0 Å². The Morgan fingerprint density at radius 1 is 1.14 bits per heavy atom. The maximum Gasteiger partial charge on any atom is 0.238 e. The Morgan fingerprint density at radius 3 is 2.38 bits per heavy atom. The number of hydrogen-bond donors (Lipinski definition) is 2. The fraction of sp³-hybridized carbons (Fsp3) is 0.286. The molecular formula is C14H18N4O2S. The fourth-order valence-electron chi connectivity index (χ4n) is 1.99. The van der Waals surface area contributed by atoms with Crippen molar-refractivity contribution in [3.05, 3.63) is 47.4 Å². The minimum absolute atomic E-state index is 0.126.